The van der Waals surface area contributed by atoms with Crippen LogP contribution in [0.15, 0.2) is 0 Å². The average molecular weight is 158 g/mol. The van der Waals surface area contributed by atoms with Gasteiger partial charge in [0, 0.05) is 13.3 Å². The largest absolute Gasteiger partial charge is 0.291 e. The van der Waals surface area contributed by atoms with Gasteiger partial charge in [-0.1, -0.05) is 0 Å². The van der Waals surface area contributed by atoms with Crippen molar-refractivity contribution < 1.29 is 0 Å². The highest BCUT2D eigenvalue weighted by Crippen LogP contribution is 1.92. The van der Waals surface area contributed by atoms with Gasteiger partial charge in [0.2, 0.25) is 0 Å². The molecule has 1 aliphatic rings. The Morgan fingerprint density at radius 3 is 1.73 bits per heavy atom. The van der Waals surface area contributed by atoms with Gasteiger partial charge in [0.15, 0.2) is 0 Å². The molecule has 0 aliphatic carbocycles. The first-order valence-corrected chi connectivity index (χ1v) is 3.95. The SMILES string of the molecule is CN1CNCN(C)CN(C)C1. The lowest BCUT2D eigenvalue weighted by molar-refractivity contribution is 0.0775. The first-order valence-electron chi connectivity index (χ1n) is 3.95. The molecule has 0 saturated carbocycles. The van der Waals surface area contributed by atoms with Gasteiger partial charge in [-0.2, -0.15) is 0 Å². The highest BCUT2D eigenvalue weighted by molar-refractivity contribution is 4.57. The third-order valence-electron chi connectivity index (χ3n) is 1.73. The van der Waals surface area contributed by atoms with Crippen molar-refractivity contribution in [2.45, 2.75) is 0 Å². The lowest BCUT2D eigenvalue weighted by Gasteiger charge is -2.32. The smallest absolute Gasteiger partial charge is 0.0523 e. The second-order valence-electron chi connectivity index (χ2n) is 3.42. The highest BCUT2D eigenvalue weighted by atomic mass is 15.4. The van der Waals surface area contributed by atoms with Crippen molar-refractivity contribution in [2.24, 2.45) is 0 Å². The number of hydrogen-bond acceptors (Lipinski definition) is 4. The van der Waals surface area contributed by atoms with Crippen LogP contribution >= 0.6 is 0 Å². The summed E-state index contributed by atoms with van der Waals surface area (Å²) in [5.74, 6) is 0. The molecule has 4 nitrogen and oxygen atoms in total. The maximum Gasteiger partial charge on any atom is 0.0523 e. The van der Waals surface area contributed by atoms with E-state index in [1.807, 2.05) is 0 Å². The van der Waals surface area contributed by atoms with Crippen molar-refractivity contribution >= 4 is 0 Å². The molecule has 1 heterocycles. The summed E-state index contributed by atoms with van der Waals surface area (Å²) < 4.78 is 0. The summed E-state index contributed by atoms with van der Waals surface area (Å²) in [6, 6.07) is 0. The van der Waals surface area contributed by atoms with Crippen LogP contribution in [0, 0.1) is 0 Å². The molecule has 1 fully saturated rings. The molecule has 0 atom stereocenters. The summed E-state index contributed by atoms with van der Waals surface area (Å²) in [6.07, 6.45) is 0. The second-order valence-corrected chi connectivity index (χ2v) is 3.42. The molecule has 0 radical (unpaired) electrons. The first kappa shape index (κ1) is 8.93. The van der Waals surface area contributed by atoms with Gasteiger partial charge in [0.05, 0.1) is 13.3 Å². The molecular formula is C7H18N4. The molecule has 11 heavy (non-hydrogen) atoms. The molecule has 0 spiro atoms. The zero-order chi connectivity index (χ0) is 8.27. The van der Waals surface area contributed by atoms with Crippen molar-refractivity contribution in [2.75, 3.05) is 47.8 Å². The van der Waals surface area contributed by atoms with Crippen LogP contribution < -0.4 is 5.32 Å². The van der Waals surface area contributed by atoms with Crippen molar-refractivity contribution in [3.05, 3.63) is 0 Å². The van der Waals surface area contributed by atoms with Crippen molar-refractivity contribution in [3.8, 4) is 0 Å². The lowest BCUT2D eigenvalue weighted by Crippen LogP contribution is -2.49. The molecule has 0 aromatic rings. The first-order chi connectivity index (χ1) is 5.18. The maximum absolute atomic E-state index is 3.33. The maximum atomic E-state index is 3.33. The fourth-order valence-corrected chi connectivity index (χ4v) is 1.40. The Morgan fingerprint density at radius 2 is 1.27 bits per heavy atom. The Balaban J connectivity index is 2.34. The monoisotopic (exact) mass is 158 g/mol. The number of rotatable bonds is 0. The molecular weight excluding hydrogens is 140 g/mol. The van der Waals surface area contributed by atoms with Gasteiger partial charge in [-0.15, -0.1) is 0 Å². The highest BCUT2D eigenvalue weighted by Gasteiger charge is 2.09. The minimum absolute atomic E-state index is 0.967. The summed E-state index contributed by atoms with van der Waals surface area (Å²) >= 11 is 0. The summed E-state index contributed by atoms with van der Waals surface area (Å²) in [6.45, 7) is 3.98. The van der Waals surface area contributed by atoms with Crippen molar-refractivity contribution in [1.82, 2.24) is 20.0 Å². The van der Waals surface area contributed by atoms with E-state index in [2.05, 4.69) is 41.2 Å². The minimum Gasteiger partial charge on any atom is -0.291 e. The van der Waals surface area contributed by atoms with Gasteiger partial charge in [0.25, 0.3) is 0 Å². The van der Waals surface area contributed by atoms with Gasteiger partial charge < -0.3 is 0 Å². The van der Waals surface area contributed by atoms with Gasteiger partial charge >= 0.3 is 0 Å². The fraction of sp³-hybridized carbons (Fsp3) is 1.00. The minimum atomic E-state index is 0.967. The Labute approximate surface area is 68.8 Å². The van der Waals surface area contributed by atoms with E-state index in [1.54, 1.807) is 0 Å². The van der Waals surface area contributed by atoms with Gasteiger partial charge in [-0.05, 0) is 21.1 Å². The van der Waals surface area contributed by atoms with Crippen LogP contribution in [0.25, 0.3) is 0 Å². The predicted molar refractivity (Wildman–Crippen MR) is 45.9 cm³/mol. The molecule has 0 bridgehead atoms. The number of nitrogens with one attached hydrogen (secondary N) is 1. The van der Waals surface area contributed by atoms with Gasteiger partial charge in [0.1, 0.15) is 0 Å². The quantitative estimate of drug-likeness (QED) is 0.499. The van der Waals surface area contributed by atoms with Gasteiger partial charge in [-0.25, -0.2) is 0 Å². The molecule has 1 rings (SSSR count). The standard InChI is InChI=1S/C7H18N4/c1-9-4-8-5-10(2)7-11(3)6-9/h8H,4-7H2,1-3H3. The molecule has 4 heteroatoms. The molecule has 1 N–H and O–H groups in total. The number of hydrogen-bond donors (Lipinski definition) is 1. The van der Waals surface area contributed by atoms with E-state index < -0.39 is 0 Å². The van der Waals surface area contributed by atoms with Crippen LogP contribution in [0.4, 0.5) is 0 Å². The van der Waals surface area contributed by atoms with Crippen LogP contribution in [0.3, 0.4) is 0 Å². The lowest BCUT2D eigenvalue weighted by atomic mass is 10.6. The summed E-state index contributed by atoms with van der Waals surface area (Å²) in [5, 5.41) is 3.33. The van der Waals surface area contributed by atoms with E-state index in [-0.39, 0.29) is 0 Å². The van der Waals surface area contributed by atoms with Crippen LogP contribution in [0.2, 0.25) is 0 Å². The third-order valence-corrected chi connectivity index (χ3v) is 1.73. The van der Waals surface area contributed by atoms with E-state index >= 15 is 0 Å². The summed E-state index contributed by atoms with van der Waals surface area (Å²) in [7, 11) is 6.38. The molecule has 0 amide bonds. The normalized spacial score (nSPS) is 26.5. The van der Waals surface area contributed by atoms with Crippen LogP contribution in [-0.4, -0.2) is 62.5 Å². The third kappa shape index (κ3) is 3.16. The van der Waals surface area contributed by atoms with Gasteiger partial charge in [-0.3, -0.25) is 20.0 Å². The second kappa shape index (κ2) is 4.01. The zero-order valence-corrected chi connectivity index (χ0v) is 7.67. The Bertz CT molecular complexity index is 105. The molecule has 0 aromatic heterocycles. The summed E-state index contributed by atoms with van der Waals surface area (Å²) in [4.78, 5) is 6.81. The van der Waals surface area contributed by atoms with E-state index in [1.165, 1.54) is 0 Å². The van der Waals surface area contributed by atoms with E-state index in [0.29, 0.717) is 0 Å². The topological polar surface area (TPSA) is 21.8 Å². The zero-order valence-electron chi connectivity index (χ0n) is 7.67. The predicted octanol–water partition coefficient (Wildman–Crippen LogP) is -0.785. The van der Waals surface area contributed by atoms with Crippen molar-refractivity contribution in [3.63, 3.8) is 0 Å². The van der Waals surface area contributed by atoms with Crippen LogP contribution in [-0.2, 0) is 0 Å². The summed E-state index contributed by atoms with van der Waals surface area (Å²) in [5.41, 5.74) is 0. The van der Waals surface area contributed by atoms with E-state index in [9.17, 15) is 0 Å². The molecule has 1 saturated heterocycles. The Kier molecular flexibility index (Phi) is 3.26. The molecule has 1 aliphatic heterocycles. The molecule has 0 aromatic carbocycles. The Hall–Kier alpha value is -0.160. The average Bonchev–Trinajstić information content (AvgIpc) is 1.83. The van der Waals surface area contributed by atoms with E-state index in [0.717, 1.165) is 26.7 Å². The molecule has 0 unspecified atom stereocenters. The van der Waals surface area contributed by atoms with Crippen LogP contribution in [0.1, 0.15) is 0 Å². The Morgan fingerprint density at radius 1 is 0.818 bits per heavy atom. The van der Waals surface area contributed by atoms with Crippen LogP contribution in [0.5, 0.6) is 0 Å². The molecule has 66 valence electrons. The fourth-order valence-electron chi connectivity index (χ4n) is 1.40. The number of nitrogens with zero attached hydrogens (tertiary/aromatic N) is 3. The van der Waals surface area contributed by atoms with Crippen molar-refractivity contribution in [1.29, 1.82) is 0 Å². The van der Waals surface area contributed by atoms with E-state index in [4.69, 9.17) is 0 Å².